The van der Waals surface area contributed by atoms with E-state index in [1.165, 1.54) is 0 Å². The minimum Gasteiger partial charge on any atom is -0.335 e. The number of aromatic nitrogens is 1. The van der Waals surface area contributed by atoms with Crippen molar-refractivity contribution in [2.45, 2.75) is 13.0 Å². The van der Waals surface area contributed by atoms with Crippen molar-refractivity contribution in [2.75, 3.05) is 0 Å². The Morgan fingerprint density at radius 3 is 2.94 bits per heavy atom. The fraction of sp³-hybridized carbons (Fsp3) is 0.182. The van der Waals surface area contributed by atoms with Crippen LogP contribution in [0.3, 0.4) is 0 Å². The molecule has 4 nitrogen and oxygen atoms in total. The van der Waals surface area contributed by atoms with Gasteiger partial charge in [-0.3, -0.25) is 10.2 Å². The molecule has 1 aromatic carbocycles. The van der Waals surface area contributed by atoms with Gasteiger partial charge in [0.15, 0.2) is 0 Å². The lowest BCUT2D eigenvalue weighted by atomic mass is 10.2. The van der Waals surface area contributed by atoms with Gasteiger partial charge in [0.1, 0.15) is 6.04 Å². The summed E-state index contributed by atoms with van der Waals surface area (Å²) in [5, 5.41) is 1.09. The average molecular weight is 282 g/mol. The SMILES string of the molecule is CC(C(=O)NN)n1ccc2cc(Br)ccc21. The van der Waals surface area contributed by atoms with Gasteiger partial charge in [0.05, 0.1) is 0 Å². The van der Waals surface area contributed by atoms with Crippen molar-refractivity contribution in [3.8, 4) is 0 Å². The zero-order valence-electron chi connectivity index (χ0n) is 8.77. The molecule has 1 aromatic heterocycles. The van der Waals surface area contributed by atoms with Crippen molar-refractivity contribution in [2.24, 2.45) is 5.84 Å². The minimum atomic E-state index is -0.316. The number of hydrogen-bond acceptors (Lipinski definition) is 2. The first-order valence-electron chi connectivity index (χ1n) is 4.90. The molecule has 16 heavy (non-hydrogen) atoms. The molecule has 0 fully saturated rings. The van der Waals surface area contributed by atoms with Crippen molar-refractivity contribution in [1.29, 1.82) is 0 Å². The molecule has 0 aliphatic heterocycles. The first kappa shape index (κ1) is 11.2. The van der Waals surface area contributed by atoms with Crippen LogP contribution in [0.25, 0.3) is 10.9 Å². The molecule has 1 unspecified atom stereocenters. The van der Waals surface area contributed by atoms with Crippen molar-refractivity contribution in [3.63, 3.8) is 0 Å². The van der Waals surface area contributed by atoms with Crippen LogP contribution in [0.5, 0.6) is 0 Å². The van der Waals surface area contributed by atoms with Gasteiger partial charge < -0.3 is 4.57 Å². The highest BCUT2D eigenvalue weighted by molar-refractivity contribution is 9.10. The van der Waals surface area contributed by atoms with Gasteiger partial charge in [-0.05, 0) is 31.2 Å². The Hall–Kier alpha value is -1.33. The molecular weight excluding hydrogens is 270 g/mol. The third-order valence-electron chi connectivity index (χ3n) is 2.62. The summed E-state index contributed by atoms with van der Waals surface area (Å²) in [5.74, 6) is 4.92. The Balaban J connectivity index is 2.50. The monoisotopic (exact) mass is 281 g/mol. The van der Waals surface area contributed by atoms with Crippen molar-refractivity contribution in [1.82, 2.24) is 9.99 Å². The summed E-state index contributed by atoms with van der Waals surface area (Å²) in [6, 6.07) is 7.59. The van der Waals surface area contributed by atoms with Gasteiger partial charge in [-0.1, -0.05) is 15.9 Å². The summed E-state index contributed by atoms with van der Waals surface area (Å²) in [5.41, 5.74) is 3.17. The number of nitrogens with one attached hydrogen (secondary N) is 1. The predicted octanol–water partition coefficient (Wildman–Crippen LogP) is 1.95. The summed E-state index contributed by atoms with van der Waals surface area (Å²) in [4.78, 5) is 11.5. The van der Waals surface area contributed by atoms with E-state index in [-0.39, 0.29) is 11.9 Å². The zero-order chi connectivity index (χ0) is 11.7. The molecule has 0 aliphatic carbocycles. The Kier molecular flexibility index (Phi) is 2.98. The molecule has 0 aliphatic rings. The lowest BCUT2D eigenvalue weighted by molar-refractivity contribution is -0.123. The maximum atomic E-state index is 11.5. The second kappa shape index (κ2) is 4.27. The largest absolute Gasteiger partial charge is 0.335 e. The standard InChI is InChI=1S/C11H12BrN3O/c1-7(11(16)14-13)15-5-4-8-6-9(12)2-3-10(8)15/h2-7H,13H2,1H3,(H,14,16). The number of hydrogen-bond donors (Lipinski definition) is 2. The number of nitrogens with two attached hydrogens (primary N) is 1. The number of rotatable bonds is 2. The Morgan fingerprint density at radius 1 is 1.50 bits per heavy atom. The van der Waals surface area contributed by atoms with E-state index in [0.717, 1.165) is 15.4 Å². The highest BCUT2D eigenvalue weighted by atomic mass is 79.9. The molecule has 1 atom stereocenters. The summed E-state index contributed by atoms with van der Waals surface area (Å²) in [6.45, 7) is 1.81. The molecule has 84 valence electrons. The van der Waals surface area contributed by atoms with E-state index in [2.05, 4.69) is 21.4 Å². The van der Waals surface area contributed by atoms with E-state index >= 15 is 0 Å². The molecular formula is C11H12BrN3O. The fourth-order valence-corrected chi connectivity index (χ4v) is 2.10. The van der Waals surface area contributed by atoms with Crippen LogP contribution >= 0.6 is 15.9 Å². The van der Waals surface area contributed by atoms with Gasteiger partial charge in [-0.25, -0.2) is 5.84 Å². The van der Waals surface area contributed by atoms with Gasteiger partial charge in [-0.15, -0.1) is 0 Å². The second-order valence-electron chi connectivity index (χ2n) is 3.61. The zero-order valence-corrected chi connectivity index (χ0v) is 10.4. The number of carbonyl (C=O) groups is 1. The number of benzene rings is 1. The van der Waals surface area contributed by atoms with E-state index in [9.17, 15) is 4.79 Å². The number of carbonyl (C=O) groups excluding carboxylic acids is 1. The Bertz CT molecular complexity index is 535. The molecule has 2 rings (SSSR count). The Morgan fingerprint density at radius 2 is 2.25 bits per heavy atom. The smallest absolute Gasteiger partial charge is 0.256 e. The van der Waals surface area contributed by atoms with Gasteiger partial charge in [0, 0.05) is 21.6 Å². The van der Waals surface area contributed by atoms with Crippen molar-refractivity contribution < 1.29 is 4.79 Å². The first-order valence-corrected chi connectivity index (χ1v) is 5.69. The lowest BCUT2D eigenvalue weighted by Gasteiger charge is -2.13. The maximum Gasteiger partial charge on any atom is 0.256 e. The van der Waals surface area contributed by atoms with E-state index in [0.29, 0.717) is 0 Å². The average Bonchev–Trinajstić information content (AvgIpc) is 2.69. The van der Waals surface area contributed by atoms with Gasteiger partial charge in [-0.2, -0.15) is 0 Å². The topological polar surface area (TPSA) is 60.1 Å². The van der Waals surface area contributed by atoms with Crippen LogP contribution in [0.2, 0.25) is 0 Å². The quantitative estimate of drug-likeness (QED) is 0.502. The highest BCUT2D eigenvalue weighted by Gasteiger charge is 2.14. The van der Waals surface area contributed by atoms with Crippen LogP contribution in [-0.2, 0) is 4.79 Å². The second-order valence-corrected chi connectivity index (χ2v) is 4.53. The number of fused-ring (bicyclic) bond motifs is 1. The lowest BCUT2D eigenvalue weighted by Crippen LogP contribution is -2.35. The summed E-state index contributed by atoms with van der Waals surface area (Å²) < 4.78 is 2.91. The van der Waals surface area contributed by atoms with Crippen LogP contribution in [0, 0.1) is 0 Å². The number of halogens is 1. The molecule has 1 amide bonds. The van der Waals surface area contributed by atoms with Crippen molar-refractivity contribution >= 4 is 32.7 Å². The predicted molar refractivity (Wildman–Crippen MR) is 66.7 cm³/mol. The van der Waals surface area contributed by atoms with Crippen molar-refractivity contribution in [3.05, 3.63) is 34.9 Å². The number of amides is 1. The van der Waals surface area contributed by atoms with E-state index in [1.807, 2.05) is 42.0 Å². The maximum absolute atomic E-state index is 11.5. The molecule has 0 radical (unpaired) electrons. The van der Waals surface area contributed by atoms with Crippen LogP contribution < -0.4 is 11.3 Å². The summed E-state index contributed by atoms with van der Waals surface area (Å²) >= 11 is 3.41. The third-order valence-corrected chi connectivity index (χ3v) is 3.11. The summed E-state index contributed by atoms with van der Waals surface area (Å²) in [6.07, 6.45) is 1.89. The normalized spacial score (nSPS) is 12.7. The van der Waals surface area contributed by atoms with Crippen LogP contribution in [0.4, 0.5) is 0 Å². The van der Waals surface area contributed by atoms with Gasteiger partial charge >= 0.3 is 0 Å². The van der Waals surface area contributed by atoms with Crippen LogP contribution in [0.1, 0.15) is 13.0 Å². The Labute approximate surface area is 102 Å². The molecule has 5 heteroatoms. The minimum absolute atomic E-state index is 0.208. The molecule has 3 N–H and O–H groups in total. The van der Waals surface area contributed by atoms with E-state index in [1.54, 1.807) is 0 Å². The highest BCUT2D eigenvalue weighted by Crippen LogP contribution is 2.23. The van der Waals surface area contributed by atoms with Gasteiger partial charge in [0.2, 0.25) is 0 Å². The first-order chi connectivity index (χ1) is 7.63. The molecule has 2 aromatic rings. The molecule has 0 spiro atoms. The van der Waals surface area contributed by atoms with Crippen LogP contribution in [-0.4, -0.2) is 10.5 Å². The fourth-order valence-electron chi connectivity index (χ4n) is 1.72. The summed E-state index contributed by atoms with van der Waals surface area (Å²) in [7, 11) is 0. The molecule has 0 saturated carbocycles. The van der Waals surface area contributed by atoms with E-state index < -0.39 is 0 Å². The molecule has 1 heterocycles. The van der Waals surface area contributed by atoms with E-state index in [4.69, 9.17) is 5.84 Å². The molecule has 0 saturated heterocycles. The number of hydrazine groups is 1. The third kappa shape index (κ3) is 1.83. The van der Waals surface area contributed by atoms with Crippen LogP contribution in [0.15, 0.2) is 34.9 Å². The molecule has 0 bridgehead atoms. The van der Waals surface area contributed by atoms with Gasteiger partial charge in [0.25, 0.3) is 5.91 Å². The number of nitrogens with zero attached hydrogens (tertiary/aromatic N) is 1.